The van der Waals surface area contributed by atoms with Gasteiger partial charge in [-0.2, -0.15) is 13.2 Å². The summed E-state index contributed by atoms with van der Waals surface area (Å²) >= 11 is 3.12. The van der Waals surface area contributed by atoms with Crippen LogP contribution >= 0.6 is 15.9 Å². The highest BCUT2D eigenvalue weighted by molar-refractivity contribution is 9.10. The minimum Gasteiger partial charge on any atom is -0.352 e. The zero-order valence-corrected chi connectivity index (χ0v) is 10.4. The van der Waals surface area contributed by atoms with Gasteiger partial charge in [0, 0.05) is 6.04 Å². The molecule has 0 bridgehead atoms. The standard InChI is InChI=1S/C9H15BrF3NO/c1-5(2)7(10)8(15)14-6(3)4-9(11,12)13/h5-7H,4H2,1-3H3,(H,14,15). The van der Waals surface area contributed by atoms with Crippen LogP contribution in [0, 0.1) is 5.92 Å². The van der Waals surface area contributed by atoms with Crippen LogP contribution < -0.4 is 5.32 Å². The van der Waals surface area contributed by atoms with E-state index >= 15 is 0 Å². The molecule has 6 heteroatoms. The van der Waals surface area contributed by atoms with Crippen LogP contribution in [0.5, 0.6) is 0 Å². The predicted octanol–water partition coefficient (Wildman–Crippen LogP) is 2.86. The van der Waals surface area contributed by atoms with E-state index in [1.165, 1.54) is 6.92 Å². The van der Waals surface area contributed by atoms with Crippen LogP contribution in [0.3, 0.4) is 0 Å². The second kappa shape index (κ2) is 5.72. The third-order valence-electron chi connectivity index (χ3n) is 1.76. The number of carbonyl (C=O) groups is 1. The zero-order chi connectivity index (χ0) is 12.2. The molecule has 2 nitrogen and oxygen atoms in total. The van der Waals surface area contributed by atoms with E-state index in [0.717, 1.165) is 0 Å². The molecule has 0 aromatic rings. The molecule has 0 fully saturated rings. The van der Waals surface area contributed by atoms with Crippen molar-refractivity contribution in [3.8, 4) is 0 Å². The van der Waals surface area contributed by atoms with Gasteiger partial charge >= 0.3 is 6.18 Å². The molecule has 2 atom stereocenters. The normalized spacial score (nSPS) is 16.3. The lowest BCUT2D eigenvalue weighted by Crippen LogP contribution is -2.41. The lowest BCUT2D eigenvalue weighted by molar-refractivity contribution is -0.141. The smallest absolute Gasteiger partial charge is 0.352 e. The summed E-state index contributed by atoms with van der Waals surface area (Å²) in [6, 6.07) is -0.892. The van der Waals surface area contributed by atoms with Crippen LogP contribution in [0.2, 0.25) is 0 Å². The molecule has 0 saturated heterocycles. The van der Waals surface area contributed by atoms with E-state index < -0.39 is 29.4 Å². The largest absolute Gasteiger partial charge is 0.391 e. The van der Waals surface area contributed by atoms with Gasteiger partial charge in [0.1, 0.15) is 0 Å². The van der Waals surface area contributed by atoms with E-state index in [9.17, 15) is 18.0 Å². The highest BCUT2D eigenvalue weighted by Crippen LogP contribution is 2.21. The molecule has 0 radical (unpaired) electrons. The van der Waals surface area contributed by atoms with E-state index in [1.54, 1.807) is 0 Å². The SMILES string of the molecule is CC(CC(F)(F)F)NC(=O)C(Br)C(C)C. The van der Waals surface area contributed by atoms with Crippen molar-refractivity contribution in [2.75, 3.05) is 0 Å². The Hall–Kier alpha value is -0.260. The maximum atomic E-state index is 12.0. The third-order valence-corrected chi connectivity index (χ3v) is 3.24. The fraction of sp³-hybridized carbons (Fsp3) is 0.889. The number of carbonyl (C=O) groups excluding carboxylic acids is 1. The summed E-state index contributed by atoms with van der Waals surface area (Å²) in [4.78, 5) is 10.9. The molecule has 0 aromatic carbocycles. The highest BCUT2D eigenvalue weighted by atomic mass is 79.9. The summed E-state index contributed by atoms with van der Waals surface area (Å²) in [7, 11) is 0. The van der Waals surface area contributed by atoms with Gasteiger partial charge in [0.05, 0.1) is 11.2 Å². The number of rotatable bonds is 4. The Morgan fingerprint density at radius 3 is 2.13 bits per heavy atom. The van der Waals surface area contributed by atoms with Gasteiger partial charge in [-0.25, -0.2) is 0 Å². The summed E-state index contributed by atoms with van der Waals surface area (Å²) in [6.45, 7) is 4.96. The first-order chi connectivity index (χ1) is 6.63. The molecule has 0 rings (SSSR count). The number of hydrogen-bond acceptors (Lipinski definition) is 1. The Morgan fingerprint density at radius 2 is 1.80 bits per heavy atom. The van der Waals surface area contributed by atoms with Crippen LogP contribution in [0.15, 0.2) is 0 Å². The third kappa shape index (κ3) is 6.76. The van der Waals surface area contributed by atoms with Crippen molar-refractivity contribution in [2.24, 2.45) is 5.92 Å². The molecule has 0 aliphatic carbocycles. The van der Waals surface area contributed by atoms with Crippen molar-refractivity contribution in [3.05, 3.63) is 0 Å². The van der Waals surface area contributed by atoms with Crippen LogP contribution in [-0.4, -0.2) is 23.0 Å². The average Bonchev–Trinajstić information content (AvgIpc) is 1.98. The van der Waals surface area contributed by atoms with Crippen molar-refractivity contribution in [2.45, 2.75) is 44.2 Å². The van der Waals surface area contributed by atoms with Gasteiger partial charge in [-0.1, -0.05) is 29.8 Å². The quantitative estimate of drug-likeness (QED) is 0.793. The minimum absolute atomic E-state index is 0.0445. The van der Waals surface area contributed by atoms with Crippen LogP contribution in [0.25, 0.3) is 0 Å². The number of amides is 1. The van der Waals surface area contributed by atoms with E-state index in [1.807, 2.05) is 13.8 Å². The Bertz CT molecular complexity index is 218. The second-order valence-corrected chi connectivity index (χ2v) is 4.86. The van der Waals surface area contributed by atoms with E-state index in [2.05, 4.69) is 21.2 Å². The van der Waals surface area contributed by atoms with Gasteiger partial charge < -0.3 is 5.32 Å². The Morgan fingerprint density at radius 1 is 1.33 bits per heavy atom. The number of hydrogen-bond donors (Lipinski definition) is 1. The topological polar surface area (TPSA) is 29.1 Å². The van der Waals surface area contributed by atoms with Crippen LogP contribution in [0.1, 0.15) is 27.2 Å². The Balaban J connectivity index is 4.08. The zero-order valence-electron chi connectivity index (χ0n) is 8.86. The Labute approximate surface area is 95.7 Å². The Kier molecular flexibility index (Phi) is 5.62. The fourth-order valence-electron chi connectivity index (χ4n) is 1.02. The summed E-state index contributed by atoms with van der Waals surface area (Å²) in [5.41, 5.74) is 0. The van der Waals surface area contributed by atoms with Crippen molar-refractivity contribution in [3.63, 3.8) is 0 Å². The van der Waals surface area contributed by atoms with Crippen molar-refractivity contribution in [1.29, 1.82) is 0 Å². The van der Waals surface area contributed by atoms with Gasteiger partial charge in [-0.3, -0.25) is 4.79 Å². The molecule has 1 amide bonds. The van der Waals surface area contributed by atoms with Gasteiger partial charge in [-0.05, 0) is 12.8 Å². The van der Waals surface area contributed by atoms with Gasteiger partial charge in [0.25, 0.3) is 0 Å². The monoisotopic (exact) mass is 289 g/mol. The van der Waals surface area contributed by atoms with Gasteiger partial charge in [0.15, 0.2) is 0 Å². The van der Waals surface area contributed by atoms with Crippen LogP contribution in [-0.2, 0) is 4.79 Å². The second-order valence-electron chi connectivity index (χ2n) is 3.87. The lowest BCUT2D eigenvalue weighted by atomic mass is 10.1. The molecule has 1 N–H and O–H groups in total. The van der Waals surface area contributed by atoms with Crippen LogP contribution in [0.4, 0.5) is 13.2 Å². The number of alkyl halides is 4. The first kappa shape index (κ1) is 14.7. The molecule has 15 heavy (non-hydrogen) atoms. The summed E-state index contributed by atoms with van der Waals surface area (Å²) in [5.74, 6) is -0.357. The molecule has 0 heterocycles. The summed E-state index contributed by atoms with van der Waals surface area (Å²) < 4.78 is 35.9. The first-order valence-electron chi connectivity index (χ1n) is 4.64. The van der Waals surface area contributed by atoms with Crippen molar-refractivity contribution < 1.29 is 18.0 Å². The minimum atomic E-state index is -4.24. The molecular weight excluding hydrogens is 275 g/mol. The van der Waals surface area contributed by atoms with Gasteiger partial charge in [-0.15, -0.1) is 0 Å². The molecule has 0 aliphatic heterocycles. The summed E-state index contributed by atoms with van der Waals surface area (Å²) in [6.07, 6.45) is -5.25. The van der Waals surface area contributed by atoms with Crippen molar-refractivity contribution in [1.82, 2.24) is 5.32 Å². The lowest BCUT2D eigenvalue weighted by Gasteiger charge is -2.19. The molecule has 90 valence electrons. The first-order valence-corrected chi connectivity index (χ1v) is 5.56. The fourth-order valence-corrected chi connectivity index (χ4v) is 1.16. The average molecular weight is 290 g/mol. The molecule has 0 aliphatic rings. The molecule has 2 unspecified atom stereocenters. The molecule has 0 aromatic heterocycles. The van der Waals surface area contributed by atoms with E-state index in [0.29, 0.717) is 0 Å². The van der Waals surface area contributed by atoms with Crippen molar-refractivity contribution >= 4 is 21.8 Å². The molecular formula is C9H15BrF3NO. The maximum absolute atomic E-state index is 12.0. The van der Waals surface area contributed by atoms with E-state index in [-0.39, 0.29) is 5.92 Å². The van der Waals surface area contributed by atoms with E-state index in [4.69, 9.17) is 0 Å². The molecule has 0 saturated carbocycles. The number of halogens is 4. The highest BCUT2D eigenvalue weighted by Gasteiger charge is 2.31. The molecule has 0 spiro atoms. The summed E-state index contributed by atoms with van der Waals surface area (Å²) in [5, 5.41) is 2.31. The number of nitrogens with one attached hydrogen (secondary N) is 1. The van der Waals surface area contributed by atoms with Gasteiger partial charge in [0.2, 0.25) is 5.91 Å². The maximum Gasteiger partial charge on any atom is 0.391 e. The predicted molar refractivity (Wildman–Crippen MR) is 55.8 cm³/mol.